The summed E-state index contributed by atoms with van der Waals surface area (Å²) in [4.78, 5) is 13.3. The summed E-state index contributed by atoms with van der Waals surface area (Å²) in [5.74, 6) is -0.839. The molecule has 0 saturated carbocycles. The quantitative estimate of drug-likeness (QED) is 0.693. The normalized spacial score (nSPS) is 23.4. The molecule has 1 N–H and O–H groups in total. The lowest BCUT2D eigenvalue weighted by Gasteiger charge is -2.32. The predicted molar refractivity (Wildman–Crippen MR) is 73.3 cm³/mol. The monoisotopic (exact) mass is 273 g/mol. The van der Waals surface area contributed by atoms with E-state index in [9.17, 15) is 4.79 Å². The van der Waals surface area contributed by atoms with E-state index in [-0.39, 0.29) is 6.10 Å². The van der Waals surface area contributed by atoms with Crippen LogP contribution in [0.1, 0.15) is 39.5 Å². The summed E-state index contributed by atoms with van der Waals surface area (Å²) in [6.45, 7) is 6.75. The number of methoxy groups -OCH3 is 1. The van der Waals surface area contributed by atoms with E-state index in [1.807, 2.05) is 0 Å². The lowest BCUT2D eigenvalue weighted by Crippen LogP contribution is -2.42. The SMILES string of the molecule is CCC(CC)N(CCOC)CC1CCC(C(=O)O)O1. The van der Waals surface area contributed by atoms with E-state index in [0.717, 1.165) is 32.4 Å². The molecule has 2 atom stereocenters. The van der Waals surface area contributed by atoms with E-state index in [0.29, 0.717) is 19.1 Å². The van der Waals surface area contributed by atoms with Crippen LogP contribution >= 0.6 is 0 Å². The summed E-state index contributed by atoms with van der Waals surface area (Å²) in [6, 6.07) is 0.516. The molecule has 1 rings (SSSR count). The van der Waals surface area contributed by atoms with Crippen LogP contribution in [0.25, 0.3) is 0 Å². The summed E-state index contributed by atoms with van der Waals surface area (Å²) >= 11 is 0. The van der Waals surface area contributed by atoms with Gasteiger partial charge in [0.15, 0.2) is 6.10 Å². The number of carboxylic acids is 1. The third-order valence-corrected chi connectivity index (χ3v) is 3.86. The largest absolute Gasteiger partial charge is 0.479 e. The molecule has 0 aromatic rings. The molecule has 2 unspecified atom stereocenters. The first-order valence-corrected chi connectivity index (χ1v) is 7.23. The summed E-state index contributed by atoms with van der Waals surface area (Å²) in [7, 11) is 1.71. The van der Waals surface area contributed by atoms with Gasteiger partial charge in [-0.1, -0.05) is 13.8 Å². The predicted octanol–water partition coefficient (Wildman–Crippen LogP) is 1.76. The highest BCUT2D eigenvalue weighted by Crippen LogP contribution is 2.22. The number of hydrogen-bond donors (Lipinski definition) is 1. The third kappa shape index (κ3) is 5.09. The minimum atomic E-state index is -0.839. The minimum absolute atomic E-state index is 0.0403. The summed E-state index contributed by atoms with van der Waals surface area (Å²) in [6.07, 6.45) is 3.07. The number of carbonyl (C=O) groups is 1. The Hall–Kier alpha value is -0.650. The fourth-order valence-corrected chi connectivity index (χ4v) is 2.72. The summed E-state index contributed by atoms with van der Waals surface area (Å²) in [5.41, 5.74) is 0. The molecule has 0 radical (unpaired) electrons. The molecule has 1 aliphatic heterocycles. The maximum absolute atomic E-state index is 10.9. The van der Waals surface area contributed by atoms with Crippen LogP contribution in [0.5, 0.6) is 0 Å². The second-order valence-electron chi connectivity index (χ2n) is 5.12. The van der Waals surface area contributed by atoms with Crippen molar-refractivity contribution >= 4 is 5.97 Å². The Kier molecular flexibility index (Phi) is 7.34. The van der Waals surface area contributed by atoms with Gasteiger partial charge in [-0.2, -0.15) is 0 Å². The van der Waals surface area contributed by atoms with Crippen molar-refractivity contribution in [1.82, 2.24) is 4.90 Å². The van der Waals surface area contributed by atoms with E-state index in [1.165, 1.54) is 0 Å². The van der Waals surface area contributed by atoms with Gasteiger partial charge < -0.3 is 14.6 Å². The smallest absolute Gasteiger partial charge is 0.332 e. The van der Waals surface area contributed by atoms with Crippen LogP contribution in [-0.4, -0.2) is 61.0 Å². The van der Waals surface area contributed by atoms with Crippen molar-refractivity contribution < 1.29 is 19.4 Å². The van der Waals surface area contributed by atoms with Crippen molar-refractivity contribution in [3.05, 3.63) is 0 Å². The zero-order valence-electron chi connectivity index (χ0n) is 12.3. The third-order valence-electron chi connectivity index (χ3n) is 3.86. The average molecular weight is 273 g/mol. The first-order chi connectivity index (χ1) is 9.12. The van der Waals surface area contributed by atoms with Crippen molar-refractivity contribution in [3.8, 4) is 0 Å². The van der Waals surface area contributed by atoms with Crippen LogP contribution in [0.2, 0.25) is 0 Å². The molecule has 0 aromatic carbocycles. The number of rotatable bonds is 9. The van der Waals surface area contributed by atoms with E-state index in [2.05, 4.69) is 18.7 Å². The van der Waals surface area contributed by atoms with Gasteiger partial charge >= 0.3 is 5.97 Å². The fourth-order valence-electron chi connectivity index (χ4n) is 2.72. The molecule has 0 amide bonds. The van der Waals surface area contributed by atoms with Crippen molar-refractivity contribution in [3.63, 3.8) is 0 Å². The molecule has 5 heteroatoms. The summed E-state index contributed by atoms with van der Waals surface area (Å²) in [5, 5.41) is 8.95. The van der Waals surface area contributed by atoms with Crippen LogP contribution in [0.3, 0.4) is 0 Å². The number of aliphatic carboxylic acids is 1. The van der Waals surface area contributed by atoms with Crippen LogP contribution in [0, 0.1) is 0 Å². The van der Waals surface area contributed by atoms with Crippen LogP contribution in [0.4, 0.5) is 0 Å². The first kappa shape index (κ1) is 16.4. The molecule has 19 heavy (non-hydrogen) atoms. The lowest BCUT2D eigenvalue weighted by atomic mass is 10.1. The van der Waals surface area contributed by atoms with Crippen molar-refractivity contribution in [1.29, 1.82) is 0 Å². The van der Waals surface area contributed by atoms with E-state index in [1.54, 1.807) is 7.11 Å². The Balaban J connectivity index is 2.50. The molecule has 1 heterocycles. The topological polar surface area (TPSA) is 59.0 Å². The van der Waals surface area contributed by atoms with E-state index < -0.39 is 12.1 Å². The van der Waals surface area contributed by atoms with Gasteiger partial charge in [0.25, 0.3) is 0 Å². The van der Waals surface area contributed by atoms with Gasteiger partial charge in [-0.15, -0.1) is 0 Å². The minimum Gasteiger partial charge on any atom is -0.479 e. The lowest BCUT2D eigenvalue weighted by molar-refractivity contribution is -0.149. The number of hydrogen-bond acceptors (Lipinski definition) is 4. The second kappa shape index (κ2) is 8.51. The standard InChI is InChI=1S/C14H27NO4/c1-4-11(5-2)15(8-9-18-3)10-12-6-7-13(19-12)14(16)17/h11-13H,4-10H2,1-3H3,(H,16,17). The summed E-state index contributed by atoms with van der Waals surface area (Å²) < 4.78 is 10.7. The van der Waals surface area contributed by atoms with Crippen molar-refractivity contribution in [2.75, 3.05) is 26.8 Å². The number of nitrogens with zero attached hydrogens (tertiary/aromatic N) is 1. The van der Waals surface area contributed by atoms with Gasteiger partial charge in [-0.3, -0.25) is 4.90 Å². The van der Waals surface area contributed by atoms with Crippen molar-refractivity contribution in [2.45, 2.75) is 57.8 Å². The van der Waals surface area contributed by atoms with E-state index >= 15 is 0 Å². The van der Waals surface area contributed by atoms with Gasteiger partial charge in [0.2, 0.25) is 0 Å². The Morgan fingerprint density at radius 3 is 2.58 bits per heavy atom. The highest BCUT2D eigenvalue weighted by Gasteiger charge is 2.32. The molecule has 0 aliphatic carbocycles. The van der Waals surface area contributed by atoms with Gasteiger partial charge in [0.1, 0.15) is 0 Å². The molecule has 0 spiro atoms. The Bertz CT molecular complexity index is 268. The molecule has 1 saturated heterocycles. The molecule has 1 aliphatic rings. The first-order valence-electron chi connectivity index (χ1n) is 7.23. The van der Waals surface area contributed by atoms with Gasteiger partial charge in [0, 0.05) is 26.2 Å². The fraction of sp³-hybridized carbons (Fsp3) is 0.929. The molecular formula is C14H27NO4. The van der Waals surface area contributed by atoms with Gasteiger partial charge in [-0.25, -0.2) is 4.79 Å². The Morgan fingerprint density at radius 1 is 1.42 bits per heavy atom. The highest BCUT2D eigenvalue weighted by atomic mass is 16.5. The molecule has 0 bridgehead atoms. The molecule has 5 nitrogen and oxygen atoms in total. The maximum atomic E-state index is 10.9. The molecule has 112 valence electrons. The maximum Gasteiger partial charge on any atom is 0.332 e. The number of ether oxygens (including phenoxy) is 2. The van der Waals surface area contributed by atoms with Crippen LogP contribution in [0.15, 0.2) is 0 Å². The molecule has 0 aromatic heterocycles. The van der Waals surface area contributed by atoms with Crippen molar-refractivity contribution in [2.24, 2.45) is 0 Å². The molecular weight excluding hydrogens is 246 g/mol. The Labute approximate surface area is 115 Å². The zero-order chi connectivity index (χ0) is 14.3. The molecule has 1 fully saturated rings. The van der Waals surface area contributed by atoms with Gasteiger partial charge in [-0.05, 0) is 25.7 Å². The zero-order valence-corrected chi connectivity index (χ0v) is 12.3. The second-order valence-corrected chi connectivity index (χ2v) is 5.12. The van der Waals surface area contributed by atoms with Crippen LogP contribution < -0.4 is 0 Å². The number of carboxylic acid groups (broad SMARTS) is 1. The van der Waals surface area contributed by atoms with Crippen LogP contribution in [-0.2, 0) is 14.3 Å². The van der Waals surface area contributed by atoms with Gasteiger partial charge in [0.05, 0.1) is 12.7 Å². The van der Waals surface area contributed by atoms with E-state index in [4.69, 9.17) is 14.6 Å². The Morgan fingerprint density at radius 2 is 2.11 bits per heavy atom. The highest BCUT2D eigenvalue weighted by molar-refractivity contribution is 5.72. The average Bonchev–Trinajstić information content (AvgIpc) is 2.85.